The smallest absolute Gasteiger partial charge is 0.421 e. The molecule has 1 atom stereocenters. The van der Waals surface area contributed by atoms with Crippen molar-refractivity contribution in [2.75, 3.05) is 6.61 Å². The van der Waals surface area contributed by atoms with Crippen LogP contribution in [0.25, 0.3) is 0 Å². The minimum Gasteiger partial charge on any atom is -0.487 e. The molecule has 0 aliphatic heterocycles. The van der Waals surface area contributed by atoms with Crippen LogP contribution in [0.2, 0.25) is 0 Å². The molecule has 1 heterocycles. The fraction of sp³-hybridized carbons (Fsp3) is 0.500. The summed E-state index contributed by atoms with van der Waals surface area (Å²) < 4.78 is 93.9. The Kier molecular flexibility index (Phi) is 10.2. The largest absolute Gasteiger partial charge is 0.487 e. The van der Waals surface area contributed by atoms with Crippen LogP contribution >= 0.6 is 0 Å². The van der Waals surface area contributed by atoms with Gasteiger partial charge < -0.3 is 14.2 Å². The number of halogens is 6. The van der Waals surface area contributed by atoms with Gasteiger partial charge in [0, 0.05) is 12.6 Å². The zero-order chi connectivity index (χ0) is 26.1. The van der Waals surface area contributed by atoms with E-state index < -0.39 is 35.5 Å². The minimum absolute atomic E-state index is 0.0243. The predicted molar refractivity (Wildman–Crippen MR) is 115 cm³/mol. The fourth-order valence-electron chi connectivity index (χ4n) is 3.01. The summed E-state index contributed by atoms with van der Waals surface area (Å²) in [7, 11) is 0. The maximum atomic E-state index is 13.2. The van der Waals surface area contributed by atoms with Crippen LogP contribution in [0.15, 0.2) is 36.5 Å². The molecule has 2 rings (SSSR count). The number of ether oxygens (including phenoxy) is 3. The molecule has 2 aromatic rings. The fourth-order valence-corrected chi connectivity index (χ4v) is 3.01. The van der Waals surface area contributed by atoms with Gasteiger partial charge in [-0.25, -0.2) is 4.98 Å². The van der Waals surface area contributed by atoms with Crippen molar-refractivity contribution in [3.05, 3.63) is 47.7 Å². The van der Waals surface area contributed by atoms with Crippen LogP contribution in [-0.4, -0.2) is 23.7 Å². The summed E-state index contributed by atoms with van der Waals surface area (Å²) in [6.07, 6.45) is -4.90. The maximum absolute atomic E-state index is 13.2. The Morgan fingerprint density at radius 2 is 1.57 bits per heavy atom. The quantitative estimate of drug-likeness (QED) is 0.168. The third-order valence-corrected chi connectivity index (χ3v) is 4.82. The van der Waals surface area contributed by atoms with Gasteiger partial charge in [0.05, 0.1) is 5.56 Å². The number of esters is 1. The highest BCUT2D eigenvalue weighted by molar-refractivity contribution is 5.69. The maximum Gasteiger partial charge on any atom is 0.421 e. The van der Waals surface area contributed by atoms with E-state index in [9.17, 15) is 31.1 Å². The lowest BCUT2D eigenvalue weighted by Gasteiger charge is -2.16. The minimum atomic E-state index is -5.10. The molecule has 35 heavy (non-hydrogen) atoms. The van der Waals surface area contributed by atoms with Crippen molar-refractivity contribution in [3.8, 4) is 17.4 Å². The van der Waals surface area contributed by atoms with Gasteiger partial charge in [-0.2, -0.15) is 26.3 Å². The molecule has 0 saturated heterocycles. The van der Waals surface area contributed by atoms with Crippen LogP contribution in [0.4, 0.5) is 26.3 Å². The van der Waals surface area contributed by atoms with Gasteiger partial charge in [0.25, 0.3) is 0 Å². The normalized spacial score (nSPS) is 12.8. The van der Waals surface area contributed by atoms with E-state index in [0.29, 0.717) is 12.2 Å². The van der Waals surface area contributed by atoms with Gasteiger partial charge in [-0.15, -0.1) is 0 Å². The molecule has 0 saturated carbocycles. The Balaban J connectivity index is 1.91. The second-order valence-corrected chi connectivity index (χ2v) is 7.92. The van der Waals surface area contributed by atoms with Gasteiger partial charge in [-0.3, -0.25) is 4.79 Å². The molecule has 0 bridgehead atoms. The van der Waals surface area contributed by atoms with Crippen LogP contribution in [0.3, 0.4) is 0 Å². The summed E-state index contributed by atoms with van der Waals surface area (Å²) in [6.45, 7) is 3.81. The molecule has 1 aromatic carbocycles. The lowest BCUT2D eigenvalue weighted by molar-refractivity contribution is -0.146. The summed E-state index contributed by atoms with van der Waals surface area (Å²) in [6, 6.07) is 5.32. The Hall–Kier alpha value is -2.98. The first kappa shape index (κ1) is 28.3. The van der Waals surface area contributed by atoms with E-state index in [2.05, 4.69) is 11.9 Å². The number of carbonyl (C=O) groups excluding carboxylic acids is 1. The topological polar surface area (TPSA) is 57.7 Å². The van der Waals surface area contributed by atoms with Crippen LogP contribution in [-0.2, 0) is 21.9 Å². The molecule has 5 nitrogen and oxygen atoms in total. The van der Waals surface area contributed by atoms with Crippen LogP contribution in [0.5, 0.6) is 17.4 Å². The number of aromatic nitrogens is 1. The summed E-state index contributed by atoms with van der Waals surface area (Å²) in [4.78, 5) is 15.0. The third kappa shape index (κ3) is 9.65. The zero-order valence-electron chi connectivity index (χ0n) is 19.3. The number of hydrogen-bond donors (Lipinski definition) is 0. The summed E-state index contributed by atoms with van der Waals surface area (Å²) in [5.74, 6) is -1.08. The van der Waals surface area contributed by atoms with E-state index in [-0.39, 0.29) is 30.6 Å². The predicted octanol–water partition coefficient (Wildman–Crippen LogP) is 7.58. The van der Waals surface area contributed by atoms with Crippen molar-refractivity contribution in [2.45, 2.75) is 70.8 Å². The molecule has 0 spiro atoms. The average Bonchev–Trinajstić information content (AvgIpc) is 2.77. The van der Waals surface area contributed by atoms with Crippen LogP contribution < -0.4 is 9.47 Å². The molecular formula is C24H27F6NO4. The Morgan fingerprint density at radius 3 is 2.17 bits per heavy atom. The van der Waals surface area contributed by atoms with E-state index in [4.69, 9.17) is 14.2 Å². The number of nitrogens with zero attached hydrogens (tertiary/aromatic N) is 1. The second-order valence-electron chi connectivity index (χ2n) is 7.92. The number of rotatable bonds is 12. The highest BCUT2D eigenvalue weighted by atomic mass is 19.4. The van der Waals surface area contributed by atoms with Crippen LogP contribution in [0, 0.1) is 0 Å². The number of alkyl halides is 6. The molecule has 11 heteroatoms. The highest BCUT2D eigenvalue weighted by Crippen LogP contribution is 2.40. The molecule has 0 N–H and O–H groups in total. The summed E-state index contributed by atoms with van der Waals surface area (Å²) >= 11 is 0. The second kappa shape index (κ2) is 12.6. The first-order chi connectivity index (χ1) is 16.4. The number of pyridine rings is 1. The first-order valence-corrected chi connectivity index (χ1v) is 11.1. The van der Waals surface area contributed by atoms with Crippen molar-refractivity contribution in [3.63, 3.8) is 0 Å². The SMILES string of the molecule is CCCCCCCC(=O)OCC(C)Oc1ccc(Oc2ncc(C(F)(F)F)cc2C(F)(F)F)cc1. The van der Waals surface area contributed by atoms with Gasteiger partial charge in [0.1, 0.15) is 29.8 Å². The first-order valence-electron chi connectivity index (χ1n) is 11.1. The molecule has 194 valence electrons. The lowest BCUT2D eigenvalue weighted by Crippen LogP contribution is -2.21. The van der Waals surface area contributed by atoms with Crippen molar-refractivity contribution < 1.29 is 45.3 Å². The van der Waals surface area contributed by atoms with Gasteiger partial charge in [-0.05, 0) is 43.7 Å². The number of unbranched alkanes of at least 4 members (excludes halogenated alkanes) is 4. The Bertz CT molecular complexity index is 945. The Morgan fingerprint density at radius 1 is 0.943 bits per heavy atom. The zero-order valence-corrected chi connectivity index (χ0v) is 19.3. The molecular weight excluding hydrogens is 480 g/mol. The third-order valence-electron chi connectivity index (χ3n) is 4.82. The van der Waals surface area contributed by atoms with Crippen molar-refractivity contribution >= 4 is 5.97 Å². The van der Waals surface area contributed by atoms with Gasteiger partial charge in [-0.1, -0.05) is 32.6 Å². The molecule has 0 fully saturated rings. The molecule has 1 aromatic heterocycles. The Labute approximate surface area is 199 Å². The molecule has 1 unspecified atom stereocenters. The van der Waals surface area contributed by atoms with E-state index >= 15 is 0 Å². The van der Waals surface area contributed by atoms with Crippen molar-refractivity contribution in [1.82, 2.24) is 4.98 Å². The lowest BCUT2D eigenvalue weighted by atomic mass is 10.1. The van der Waals surface area contributed by atoms with E-state index in [1.54, 1.807) is 6.92 Å². The number of carbonyl (C=O) groups is 1. The molecule has 0 amide bonds. The van der Waals surface area contributed by atoms with Gasteiger partial charge >= 0.3 is 18.3 Å². The monoisotopic (exact) mass is 507 g/mol. The van der Waals surface area contributed by atoms with E-state index in [1.807, 2.05) is 0 Å². The summed E-state index contributed by atoms with van der Waals surface area (Å²) in [5, 5.41) is 0. The highest BCUT2D eigenvalue weighted by Gasteiger charge is 2.40. The van der Waals surface area contributed by atoms with E-state index in [1.165, 1.54) is 24.3 Å². The number of benzene rings is 1. The number of hydrogen-bond acceptors (Lipinski definition) is 5. The molecule has 0 aliphatic carbocycles. The average molecular weight is 507 g/mol. The molecule has 0 aliphatic rings. The standard InChI is InChI=1S/C24H27F6NO4/c1-3-4-5-6-7-8-21(32)33-15-16(2)34-18-9-11-19(12-10-18)35-22-20(24(28,29)30)13-17(14-31-22)23(25,26)27/h9-14,16H,3-8,15H2,1-2H3. The molecule has 0 radical (unpaired) electrons. The van der Waals surface area contributed by atoms with Gasteiger partial charge in [0.15, 0.2) is 0 Å². The summed E-state index contributed by atoms with van der Waals surface area (Å²) in [5.41, 5.74) is -3.18. The van der Waals surface area contributed by atoms with Crippen LogP contribution in [0.1, 0.15) is 63.5 Å². The van der Waals surface area contributed by atoms with E-state index in [0.717, 1.165) is 32.1 Å². The van der Waals surface area contributed by atoms with Crippen molar-refractivity contribution in [2.24, 2.45) is 0 Å². The van der Waals surface area contributed by atoms with Crippen molar-refractivity contribution in [1.29, 1.82) is 0 Å². The van der Waals surface area contributed by atoms with Gasteiger partial charge in [0.2, 0.25) is 5.88 Å².